The highest BCUT2D eigenvalue weighted by Gasteiger charge is 2.52. The second kappa shape index (κ2) is 7.68. The first-order valence-corrected chi connectivity index (χ1v) is 10.6. The fraction of sp³-hybridized carbons (Fsp3) is 0.762. The van der Waals surface area contributed by atoms with Gasteiger partial charge in [-0.2, -0.15) is 0 Å². The maximum atomic E-state index is 12.1. The Hall–Kier alpha value is -1.87. The van der Waals surface area contributed by atoms with Crippen LogP contribution in [0.15, 0.2) is 12.4 Å². The molecule has 9 heteroatoms. The van der Waals surface area contributed by atoms with Gasteiger partial charge in [0.2, 0.25) is 5.95 Å². The average Bonchev–Trinajstić information content (AvgIpc) is 2.81. The molecule has 0 unspecified atom stereocenters. The molecular formula is C21H35BN4O4. The van der Waals surface area contributed by atoms with Gasteiger partial charge in [0.25, 0.3) is 0 Å². The number of carbonyl (C=O) groups is 1. The number of nitrogens with zero attached hydrogens (tertiary/aromatic N) is 3. The number of hydrogen-bond acceptors (Lipinski definition) is 7. The van der Waals surface area contributed by atoms with Crippen molar-refractivity contribution >= 4 is 24.6 Å². The van der Waals surface area contributed by atoms with Gasteiger partial charge in [0.1, 0.15) is 5.60 Å². The Morgan fingerprint density at radius 3 is 2.03 bits per heavy atom. The third kappa shape index (κ3) is 5.06. The summed E-state index contributed by atoms with van der Waals surface area (Å²) < 4.78 is 17.5. The van der Waals surface area contributed by atoms with Crippen LogP contribution in [0.5, 0.6) is 0 Å². The highest BCUT2D eigenvalue weighted by atomic mass is 16.7. The number of nitrogens with one attached hydrogen (secondary N) is 1. The van der Waals surface area contributed by atoms with E-state index in [-0.39, 0.29) is 11.6 Å². The van der Waals surface area contributed by atoms with E-state index in [4.69, 9.17) is 14.0 Å². The molecule has 1 aromatic rings. The van der Waals surface area contributed by atoms with Gasteiger partial charge in [-0.25, -0.2) is 14.8 Å². The van der Waals surface area contributed by atoms with Crippen molar-refractivity contribution in [3.63, 3.8) is 0 Å². The van der Waals surface area contributed by atoms with Crippen molar-refractivity contribution in [2.24, 2.45) is 0 Å². The molecule has 2 aliphatic rings. The fourth-order valence-corrected chi connectivity index (χ4v) is 3.47. The summed E-state index contributed by atoms with van der Waals surface area (Å²) in [6, 6.07) is 0. The van der Waals surface area contributed by atoms with Crippen LogP contribution in [-0.2, 0) is 14.0 Å². The Labute approximate surface area is 180 Å². The van der Waals surface area contributed by atoms with Crippen LogP contribution in [0.4, 0.5) is 10.7 Å². The molecule has 1 aromatic heterocycles. The largest absolute Gasteiger partial charge is 0.498 e. The first-order chi connectivity index (χ1) is 13.7. The standard InChI is InChI=1S/C21H35BN4O4/c1-18(2,3)28-17(27)25-21(8)9-11-26(12-10-21)16-23-13-15(14-24-16)22-29-19(4,5)20(6,7)30-22/h13-14H,9-12H2,1-8H3,(H,25,27). The first kappa shape index (κ1) is 22.8. The lowest BCUT2D eigenvalue weighted by Gasteiger charge is -2.40. The molecule has 1 amide bonds. The minimum absolute atomic E-state index is 0.304. The summed E-state index contributed by atoms with van der Waals surface area (Å²) in [7, 11) is -0.466. The van der Waals surface area contributed by atoms with Crippen LogP contribution in [-0.4, -0.2) is 58.6 Å². The average molecular weight is 418 g/mol. The summed E-state index contributed by atoms with van der Waals surface area (Å²) in [6.45, 7) is 17.3. The van der Waals surface area contributed by atoms with Gasteiger partial charge < -0.3 is 24.3 Å². The molecule has 1 N–H and O–H groups in total. The lowest BCUT2D eigenvalue weighted by molar-refractivity contribution is 0.00578. The van der Waals surface area contributed by atoms with Gasteiger partial charge >= 0.3 is 13.2 Å². The van der Waals surface area contributed by atoms with Crippen molar-refractivity contribution in [2.45, 2.75) is 90.6 Å². The second-order valence-electron chi connectivity index (χ2n) is 10.6. The van der Waals surface area contributed by atoms with Gasteiger partial charge in [0, 0.05) is 36.5 Å². The van der Waals surface area contributed by atoms with Crippen molar-refractivity contribution in [1.29, 1.82) is 0 Å². The maximum absolute atomic E-state index is 12.1. The van der Waals surface area contributed by atoms with Crippen LogP contribution in [0.2, 0.25) is 0 Å². The van der Waals surface area contributed by atoms with E-state index >= 15 is 0 Å². The van der Waals surface area contributed by atoms with Gasteiger partial charge in [0.15, 0.2) is 0 Å². The normalized spacial score (nSPS) is 22.7. The predicted octanol–water partition coefficient (Wildman–Crippen LogP) is 2.66. The van der Waals surface area contributed by atoms with E-state index in [1.807, 2.05) is 48.5 Å². The summed E-state index contributed by atoms with van der Waals surface area (Å²) in [5.74, 6) is 0.676. The SMILES string of the molecule is CC1(NC(=O)OC(C)(C)C)CCN(c2ncc(B3OC(C)(C)C(C)(C)O3)cn2)CC1. The number of anilines is 1. The molecule has 2 saturated heterocycles. The third-order valence-corrected chi connectivity index (χ3v) is 6.14. The molecule has 166 valence electrons. The number of aromatic nitrogens is 2. The van der Waals surface area contributed by atoms with Crippen molar-refractivity contribution in [2.75, 3.05) is 18.0 Å². The number of carbonyl (C=O) groups excluding carboxylic acids is 1. The number of ether oxygens (including phenoxy) is 1. The Bertz CT molecular complexity index is 752. The quantitative estimate of drug-likeness (QED) is 0.756. The molecule has 2 aliphatic heterocycles. The number of amides is 1. The van der Waals surface area contributed by atoms with Gasteiger partial charge in [-0.15, -0.1) is 0 Å². The highest BCUT2D eigenvalue weighted by Crippen LogP contribution is 2.36. The smallest absolute Gasteiger partial charge is 0.444 e. The van der Waals surface area contributed by atoms with E-state index in [9.17, 15) is 4.79 Å². The van der Waals surface area contributed by atoms with E-state index in [1.165, 1.54) is 0 Å². The Balaban J connectivity index is 1.57. The first-order valence-electron chi connectivity index (χ1n) is 10.6. The number of alkyl carbamates (subject to hydrolysis) is 1. The molecule has 0 aliphatic carbocycles. The summed E-state index contributed by atoms with van der Waals surface area (Å²) in [5, 5.41) is 3.02. The number of hydrogen-bond donors (Lipinski definition) is 1. The third-order valence-electron chi connectivity index (χ3n) is 6.14. The van der Waals surface area contributed by atoms with Crippen LogP contribution in [0, 0.1) is 0 Å². The van der Waals surface area contributed by atoms with Crippen LogP contribution >= 0.6 is 0 Å². The van der Waals surface area contributed by atoms with E-state index in [0.29, 0.717) is 5.95 Å². The summed E-state index contributed by atoms with van der Waals surface area (Å²) >= 11 is 0. The predicted molar refractivity (Wildman–Crippen MR) is 117 cm³/mol. The fourth-order valence-electron chi connectivity index (χ4n) is 3.47. The Morgan fingerprint density at radius 1 is 1.07 bits per heavy atom. The molecule has 2 fully saturated rings. The zero-order chi connectivity index (χ0) is 22.4. The van der Waals surface area contributed by atoms with Gasteiger partial charge in [-0.1, -0.05) is 0 Å². The van der Waals surface area contributed by atoms with Crippen molar-refractivity contribution in [3.05, 3.63) is 12.4 Å². The van der Waals surface area contributed by atoms with Gasteiger partial charge in [-0.3, -0.25) is 0 Å². The zero-order valence-corrected chi connectivity index (χ0v) is 19.5. The molecule has 0 bridgehead atoms. The molecule has 8 nitrogen and oxygen atoms in total. The lowest BCUT2D eigenvalue weighted by atomic mass is 9.81. The topological polar surface area (TPSA) is 85.8 Å². The molecule has 0 radical (unpaired) electrons. The van der Waals surface area contributed by atoms with Crippen LogP contribution in [0.3, 0.4) is 0 Å². The minimum atomic E-state index is -0.506. The van der Waals surface area contributed by atoms with Crippen molar-refractivity contribution in [1.82, 2.24) is 15.3 Å². The number of rotatable bonds is 3. The molecule has 3 heterocycles. The maximum Gasteiger partial charge on any atom is 0.498 e. The zero-order valence-electron chi connectivity index (χ0n) is 19.5. The summed E-state index contributed by atoms with van der Waals surface area (Å²) in [6.07, 6.45) is 4.75. The van der Waals surface area contributed by atoms with E-state index in [1.54, 1.807) is 12.4 Å². The Morgan fingerprint density at radius 2 is 1.57 bits per heavy atom. The highest BCUT2D eigenvalue weighted by molar-refractivity contribution is 6.61. The monoisotopic (exact) mass is 418 g/mol. The summed E-state index contributed by atoms with van der Waals surface area (Å²) in [4.78, 5) is 23.4. The lowest BCUT2D eigenvalue weighted by Crippen LogP contribution is -2.54. The van der Waals surface area contributed by atoms with Gasteiger partial charge in [-0.05, 0) is 68.2 Å². The van der Waals surface area contributed by atoms with Crippen LogP contribution in [0.25, 0.3) is 0 Å². The molecule has 0 spiro atoms. The van der Waals surface area contributed by atoms with Crippen molar-refractivity contribution < 1.29 is 18.8 Å². The van der Waals surface area contributed by atoms with E-state index in [0.717, 1.165) is 31.4 Å². The molecule has 30 heavy (non-hydrogen) atoms. The van der Waals surface area contributed by atoms with Crippen LogP contribution < -0.4 is 15.7 Å². The molecule has 0 atom stereocenters. The Kier molecular flexibility index (Phi) is 5.84. The molecular weight excluding hydrogens is 383 g/mol. The van der Waals surface area contributed by atoms with E-state index in [2.05, 4.69) is 27.1 Å². The summed E-state index contributed by atoms with van der Waals surface area (Å²) in [5.41, 5.74) is -0.787. The molecule has 0 saturated carbocycles. The number of piperidine rings is 1. The van der Waals surface area contributed by atoms with Gasteiger partial charge in [0.05, 0.1) is 11.2 Å². The van der Waals surface area contributed by atoms with E-state index < -0.39 is 23.9 Å². The molecule has 0 aromatic carbocycles. The molecule has 3 rings (SSSR count). The van der Waals surface area contributed by atoms with Crippen molar-refractivity contribution in [3.8, 4) is 0 Å². The van der Waals surface area contributed by atoms with Crippen LogP contribution in [0.1, 0.15) is 68.2 Å². The minimum Gasteiger partial charge on any atom is -0.444 e. The second-order valence-corrected chi connectivity index (χ2v) is 10.6.